The van der Waals surface area contributed by atoms with Crippen LogP contribution < -0.4 is 10.5 Å². The highest BCUT2D eigenvalue weighted by atomic mass is 16.5. The van der Waals surface area contributed by atoms with Crippen molar-refractivity contribution in [2.75, 3.05) is 6.61 Å². The summed E-state index contributed by atoms with van der Waals surface area (Å²) in [6.45, 7) is 2.64. The molecule has 0 atom stereocenters. The number of hydrogen-bond donors (Lipinski definition) is 1. The Bertz CT molecular complexity index is 588. The third-order valence-electron chi connectivity index (χ3n) is 4.06. The van der Waals surface area contributed by atoms with Gasteiger partial charge in [0.05, 0.1) is 6.61 Å². The summed E-state index contributed by atoms with van der Waals surface area (Å²) in [5.41, 5.74) is 8.56. The molecule has 0 spiro atoms. The predicted octanol–water partition coefficient (Wildman–Crippen LogP) is 3.36. The molecule has 1 heterocycles. The molecule has 100 valence electrons. The van der Waals surface area contributed by atoms with Gasteiger partial charge in [-0.25, -0.2) is 0 Å². The quantitative estimate of drug-likeness (QED) is 0.916. The van der Waals surface area contributed by atoms with Crippen molar-refractivity contribution in [3.63, 3.8) is 0 Å². The van der Waals surface area contributed by atoms with Crippen LogP contribution in [0.3, 0.4) is 0 Å². The molecule has 1 aliphatic rings. The van der Waals surface area contributed by atoms with Gasteiger partial charge in [0.2, 0.25) is 0 Å². The van der Waals surface area contributed by atoms with Gasteiger partial charge in [0.15, 0.2) is 0 Å². The Balaban J connectivity index is 2.19. The van der Waals surface area contributed by atoms with Crippen molar-refractivity contribution in [3.05, 3.63) is 36.0 Å². The molecule has 3 heteroatoms. The fraction of sp³-hybridized carbons (Fsp3) is 0.438. The molecule has 3 nitrogen and oxygen atoms in total. The number of benzene rings is 1. The zero-order chi connectivity index (χ0) is 13.3. The maximum absolute atomic E-state index is 6.60. The number of pyridine rings is 1. The third-order valence-corrected chi connectivity index (χ3v) is 4.06. The zero-order valence-corrected chi connectivity index (χ0v) is 11.4. The minimum Gasteiger partial charge on any atom is -0.492 e. The average Bonchev–Trinajstić information content (AvgIpc) is 2.87. The van der Waals surface area contributed by atoms with Crippen molar-refractivity contribution in [1.82, 2.24) is 4.98 Å². The molecule has 1 aromatic carbocycles. The summed E-state index contributed by atoms with van der Waals surface area (Å²) in [6.07, 6.45) is 6.36. The molecular weight excluding hydrogens is 236 g/mol. The summed E-state index contributed by atoms with van der Waals surface area (Å²) < 4.78 is 5.67. The summed E-state index contributed by atoms with van der Waals surface area (Å²) in [5.74, 6) is 0.850. The normalized spacial score (nSPS) is 17.8. The number of fused-ring (bicyclic) bond motifs is 1. The van der Waals surface area contributed by atoms with Gasteiger partial charge in [0.25, 0.3) is 0 Å². The van der Waals surface area contributed by atoms with E-state index in [-0.39, 0.29) is 5.54 Å². The predicted molar refractivity (Wildman–Crippen MR) is 77.2 cm³/mol. The summed E-state index contributed by atoms with van der Waals surface area (Å²) >= 11 is 0. The molecule has 0 amide bonds. The number of aromatic nitrogens is 1. The first-order valence-corrected chi connectivity index (χ1v) is 7.04. The van der Waals surface area contributed by atoms with Gasteiger partial charge in [-0.15, -0.1) is 0 Å². The van der Waals surface area contributed by atoms with Crippen LogP contribution in [0.15, 0.2) is 30.5 Å². The highest BCUT2D eigenvalue weighted by molar-refractivity contribution is 5.88. The lowest BCUT2D eigenvalue weighted by atomic mass is 9.86. The lowest BCUT2D eigenvalue weighted by Crippen LogP contribution is -2.33. The van der Waals surface area contributed by atoms with Crippen molar-refractivity contribution in [2.24, 2.45) is 5.73 Å². The topological polar surface area (TPSA) is 48.1 Å². The molecule has 1 aliphatic carbocycles. The van der Waals surface area contributed by atoms with E-state index in [1.807, 2.05) is 25.3 Å². The van der Waals surface area contributed by atoms with Gasteiger partial charge in [-0.2, -0.15) is 0 Å². The van der Waals surface area contributed by atoms with Gasteiger partial charge < -0.3 is 10.5 Å². The van der Waals surface area contributed by atoms with Crippen LogP contribution in [-0.4, -0.2) is 11.6 Å². The Kier molecular flexibility index (Phi) is 3.15. The van der Waals surface area contributed by atoms with Crippen LogP contribution in [0.4, 0.5) is 0 Å². The molecule has 0 saturated heterocycles. The van der Waals surface area contributed by atoms with Crippen molar-refractivity contribution >= 4 is 10.9 Å². The number of hydrogen-bond acceptors (Lipinski definition) is 3. The van der Waals surface area contributed by atoms with Crippen LogP contribution >= 0.6 is 0 Å². The monoisotopic (exact) mass is 256 g/mol. The Labute approximate surface area is 113 Å². The van der Waals surface area contributed by atoms with Crippen LogP contribution in [0.5, 0.6) is 5.75 Å². The van der Waals surface area contributed by atoms with Crippen LogP contribution in [0, 0.1) is 0 Å². The molecular formula is C16H20N2O. The van der Waals surface area contributed by atoms with Crippen molar-refractivity contribution in [1.29, 1.82) is 0 Å². The molecule has 1 fully saturated rings. The molecule has 2 aromatic rings. The van der Waals surface area contributed by atoms with Gasteiger partial charge in [0.1, 0.15) is 11.3 Å². The Morgan fingerprint density at radius 2 is 2.05 bits per heavy atom. The van der Waals surface area contributed by atoms with E-state index < -0.39 is 0 Å². The van der Waals surface area contributed by atoms with E-state index in [0.29, 0.717) is 6.61 Å². The summed E-state index contributed by atoms with van der Waals surface area (Å²) in [7, 11) is 0. The van der Waals surface area contributed by atoms with Crippen LogP contribution in [0.1, 0.15) is 38.2 Å². The van der Waals surface area contributed by atoms with Gasteiger partial charge >= 0.3 is 0 Å². The second kappa shape index (κ2) is 4.82. The molecule has 1 aromatic heterocycles. The molecule has 0 aliphatic heterocycles. The Morgan fingerprint density at radius 3 is 2.79 bits per heavy atom. The fourth-order valence-corrected chi connectivity index (χ4v) is 3.13. The summed E-state index contributed by atoms with van der Waals surface area (Å²) in [5, 5.41) is 1.14. The van der Waals surface area contributed by atoms with E-state index in [9.17, 15) is 0 Å². The Hall–Kier alpha value is -1.61. The Morgan fingerprint density at radius 1 is 1.26 bits per heavy atom. The number of nitrogens with zero attached hydrogens (tertiary/aromatic N) is 1. The van der Waals surface area contributed by atoms with Crippen molar-refractivity contribution in [2.45, 2.75) is 38.1 Å². The van der Waals surface area contributed by atoms with E-state index in [2.05, 4.69) is 17.1 Å². The second-order valence-corrected chi connectivity index (χ2v) is 5.31. The standard InChI is InChI=1S/C16H20N2O/c1-2-19-14-8-7-13(16(17)9-3-4-10-16)12-6-5-11-18-15(12)14/h5-8,11H,2-4,9-10,17H2,1H3. The SMILES string of the molecule is CCOc1ccc(C2(N)CCCC2)c2cccnc12. The van der Waals surface area contributed by atoms with Gasteiger partial charge in [-0.3, -0.25) is 4.98 Å². The first-order chi connectivity index (χ1) is 9.24. The number of nitrogens with two attached hydrogens (primary N) is 1. The minimum absolute atomic E-state index is 0.188. The molecule has 3 rings (SSSR count). The first kappa shape index (κ1) is 12.4. The molecule has 2 N–H and O–H groups in total. The first-order valence-electron chi connectivity index (χ1n) is 7.04. The van der Waals surface area contributed by atoms with Gasteiger partial charge in [-0.05, 0) is 37.5 Å². The molecule has 0 unspecified atom stereocenters. The summed E-state index contributed by atoms with van der Waals surface area (Å²) in [4.78, 5) is 4.48. The van der Waals surface area contributed by atoms with Gasteiger partial charge in [-0.1, -0.05) is 25.0 Å². The molecule has 19 heavy (non-hydrogen) atoms. The van der Waals surface area contributed by atoms with Crippen LogP contribution in [0.25, 0.3) is 10.9 Å². The minimum atomic E-state index is -0.188. The molecule has 0 bridgehead atoms. The van der Waals surface area contributed by atoms with Crippen molar-refractivity contribution in [3.8, 4) is 5.75 Å². The van der Waals surface area contributed by atoms with E-state index in [4.69, 9.17) is 10.5 Å². The van der Waals surface area contributed by atoms with E-state index in [1.165, 1.54) is 18.4 Å². The highest BCUT2D eigenvalue weighted by Gasteiger charge is 2.33. The van der Waals surface area contributed by atoms with E-state index in [0.717, 1.165) is 29.5 Å². The second-order valence-electron chi connectivity index (χ2n) is 5.31. The van der Waals surface area contributed by atoms with E-state index in [1.54, 1.807) is 0 Å². The average molecular weight is 256 g/mol. The smallest absolute Gasteiger partial charge is 0.145 e. The largest absolute Gasteiger partial charge is 0.492 e. The number of ether oxygens (including phenoxy) is 1. The van der Waals surface area contributed by atoms with E-state index >= 15 is 0 Å². The zero-order valence-electron chi connectivity index (χ0n) is 11.4. The lowest BCUT2D eigenvalue weighted by Gasteiger charge is -2.26. The van der Waals surface area contributed by atoms with Crippen LogP contribution in [0.2, 0.25) is 0 Å². The highest BCUT2D eigenvalue weighted by Crippen LogP contribution is 2.40. The van der Waals surface area contributed by atoms with Crippen LogP contribution in [-0.2, 0) is 5.54 Å². The van der Waals surface area contributed by atoms with Crippen molar-refractivity contribution < 1.29 is 4.74 Å². The summed E-state index contributed by atoms with van der Waals surface area (Å²) in [6, 6.07) is 8.22. The molecule has 0 radical (unpaired) electrons. The maximum Gasteiger partial charge on any atom is 0.145 e. The fourth-order valence-electron chi connectivity index (χ4n) is 3.13. The third kappa shape index (κ3) is 2.08. The number of rotatable bonds is 3. The van der Waals surface area contributed by atoms with Gasteiger partial charge in [0, 0.05) is 17.1 Å². The maximum atomic E-state index is 6.60. The lowest BCUT2D eigenvalue weighted by molar-refractivity contribution is 0.343. The molecule has 1 saturated carbocycles.